The highest BCUT2D eigenvalue weighted by Gasteiger charge is 2.26. The lowest BCUT2D eigenvalue weighted by Gasteiger charge is -2.26. The zero-order valence-corrected chi connectivity index (χ0v) is 9.41. The second-order valence-electron chi connectivity index (χ2n) is 4.23. The molecule has 0 aromatic rings. The molecule has 0 amide bonds. The Morgan fingerprint density at radius 1 is 1.57 bits per heavy atom. The first kappa shape index (κ1) is 12.0. The smallest absolute Gasteiger partial charge is 0.0618 e. The second-order valence-corrected chi connectivity index (χ2v) is 4.23. The molecule has 84 valence electrons. The predicted molar refractivity (Wildman–Crippen MR) is 57.3 cm³/mol. The van der Waals surface area contributed by atoms with Crippen molar-refractivity contribution in [3.05, 3.63) is 0 Å². The lowest BCUT2D eigenvalue weighted by molar-refractivity contribution is 0.0943. The van der Waals surface area contributed by atoms with Crippen LogP contribution in [0.4, 0.5) is 0 Å². The second kappa shape index (κ2) is 6.38. The predicted octanol–water partition coefficient (Wildman–Crippen LogP) is 1.12. The summed E-state index contributed by atoms with van der Waals surface area (Å²) in [5, 5.41) is 9.07. The lowest BCUT2D eigenvalue weighted by atomic mass is 10.1. The molecule has 0 aliphatic carbocycles. The summed E-state index contributed by atoms with van der Waals surface area (Å²) in [6, 6.07) is 0.557. The summed E-state index contributed by atoms with van der Waals surface area (Å²) in [5.74, 6) is 0.492. The van der Waals surface area contributed by atoms with E-state index in [1.807, 2.05) is 0 Å². The fourth-order valence-corrected chi connectivity index (χ4v) is 2.24. The van der Waals surface area contributed by atoms with Crippen molar-refractivity contribution in [1.29, 1.82) is 0 Å². The van der Waals surface area contributed by atoms with Crippen LogP contribution in [0.25, 0.3) is 0 Å². The van der Waals surface area contributed by atoms with Crippen LogP contribution in [0.2, 0.25) is 0 Å². The number of ether oxygens (including phenoxy) is 1. The fraction of sp³-hybridized carbons (Fsp3) is 1.00. The van der Waals surface area contributed by atoms with E-state index in [0.717, 1.165) is 26.1 Å². The number of methoxy groups -OCH3 is 1. The van der Waals surface area contributed by atoms with Crippen LogP contribution in [0.3, 0.4) is 0 Å². The normalized spacial score (nSPS) is 25.5. The number of nitrogens with zero attached hydrogens (tertiary/aromatic N) is 1. The van der Waals surface area contributed by atoms with Gasteiger partial charge in [0.05, 0.1) is 6.61 Å². The fourth-order valence-electron chi connectivity index (χ4n) is 2.24. The van der Waals surface area contributed by atoms with E-state index in [-0.39, 0.29) is 0 Å². The van der Waals surface area contributed by atoms with E-state index < -0.39 is 0 Å². The van der Waals surface area contributed by atoms with Crippen LogP contribution in [-0.4, -0.2) is 49.5 Å². The number of rotatable bonds is 6. The summed E-state index contributed by atoms with van der Waals surface area (Å²) in [7, 11) is 1.77. The van der Waals surface area contributed by atoms with Gasteiger partial charge in [-0.1, -0.05) is 13.3 Å². The number of hydrogen-bond donors (Lipinski definition) is 1. The molecule has 1 saturated heterocycles. The third-order valence-electron chi connectivity index (χ3n) is 3.07. The van der Waals surface area contributed by atoms with E-state index in [9.17, 15) is 0 Å². The minimum atomic E-state index is 0.336. The van der Waals surface area contributed by atoms with Crippen molar-refractivity contribution in [1.82, 2.24) is 4.90 Å². The Morgan fingerprint density at radius 2 is 2.36 bits per heavy atom. The van der Waals surface area contributed by atoms with Gasteiger partial charge in [-0.3, -0.25) is 4.90 Å². The van der Waals surface area contributed by atoms with E-state index >= 15 is 0 Å². The molecular weight excluding hydrogens is 178 g/mol. The molecule has 1 fully saturated rings. The first-order chi connectivity index (χ1) is 6.81. The number of aliphatic hydroxyl groups is 1. The van der Waals surface area contributed by atoms with Gasteiger partial charge in [0.2, 0.25) is 0 Å². The molecule has 0 saturated carbocycles. The van der Waals surface area contributed by atoms with Crippen molar-refractivity contribution in [3.8, 4) is 0 Å². The van der Waals surface area contributed by atoms with Crippen molar-refractivity contribution < 1.29 is 9.84 Å². The summed E-state index contributed by atoms with van der Waals surface area (Å²) in [6.07, 6.45) is 3.54. The summed E-state index contributed by atoms with van der Waals surface area (Å²) < 4.78 is 5.23. The molecule has 2 atom stereocenters. The van der Waals surface area contributed by atoms with Gasteiger partial charge in [-0.2, -0.15) is 0 Å². The minimum absolute atomic E-state index is 0.336. The molecule has 14 heavy (non-hydrogen) atoms. The highest BCUT2D eigenvalue weighted by atomic mass is 16.5. The summed E-state index contributed by atoms with van der Waals surface area (Å²) in [6.45, 7) is 5.54. The van der Waals surface area contributed by atoms with Gasteiger partial charge in [0.25, 0.3) is 0 Å². The monoisotopic (exact) mass is 201 g/mol. The van der Waals surface area contributed by atoms with Gasteiger partial charge in [0.15, 0.2) is 0 Å². The van der Waals surface area contributed by atoms with Crippen molar-refractivity contribution in [2.75, 3.05) is 33.4 Å². The van der Waals surface area contributed by atoms with Crippen molar-refractivity contribution >= 4 is 0 Å². The minimum Gasteiger partial charge on any atom is -0.396 e. The molecule has 3 nitrogen and oxygen atoms in total. The van der Waals surface area contributed by atoms with Crippen molar-refractivity contribution in [3.63, 3.8) is 0 Å². The zero-order valence-electron chi connectivity index (χ0n) is 9.41. The van der Waals surface area contributed by atoms with Crippen LogP contribution in [-0.2, 0) is 4.74 Å². The molecule has 1 aliphatic heterocycles. The third kappa shape index (κ3) is 3.23. The van der Waals surface area contributed by atoms with Gasteiger partial charge in [-0.15, -0.1) is 0 Å². The molecule has 1 heterocycles. The molecular formula is C11H23NO2. The van der Waals surface area contributed by atoms with Crippen LogP contribution in [0, 0.1) is 5.92 Å². The zero-order chi connectivity index (χ0) is 10.4. The topological polar surface area (TPSA) is 32.7 Å². The SMILES string of the molecule is CCCC(COC)N1CCC(CO)C1. The largest absolute Gasteiger partial charge is 0.396 e. The molecule has 1 N–H and O–H groups in total. The van der Waals surface area contributed by atoms with E-state index in [0.29, 0.717) is 18.6 Å². The highest BCUT2D eigenvalue weighted by Crippen LogP contribution is 2.20. The van der Waals surface area contributed by atoms with Crippen LogP contribution in [0.15, 0.2) is 0 Å². The summed E-state index contributed by atoms with van der Waals surface area (Å²) in [4.78, 5) is 2.47. The molecule has 3 heteroatoms. The molecule has 0 spiro atoms. The van der Waals surface area contributed by atoms with Gasteiger partial charge in [-0.25, -0.2) is 0 Å². The first-order valence-corrected chi connectivity index (χ1v) is 5.65. The Kier molecular flexibility index (Phi) is 5.45. The Morgan fingerprint density at radius 3 is 2.86 bits per heavy atom. The molecule has 0 bridgehead atoms. The number of likely N-dealkylation sites (tertiary alicyclic amines) is 1. The van der Waals surface area contributed by atoms with Gasteiger partial charge in [0, 0.05) is 26.3 Å². The van der Waals surface area contributed by atoms with E-state index in [2.05, 4.69) is 11.8 Å². The first-order valence-electron chi connectivity index (χ1n) is 5.65. The van der Waals surface area contributed by atoms with E-state index in [1.54, 1.807) is 7.11 Å². The van der Waals surface area contributed by atoms with Crippen LogP contribution in [0.5, 0.6) is 0 Å². The van der Waals surface area contributed by atoms with Gasteiger partial charge in [-0.05, 0) is 25.3 Å². The van der Waals surface area contributed by atoms with Crippen molar-refractivity contribution in [2.24, 2.45) is 5.92 Å². The van der Waals surface area contributed by atoms with Crippen LogP contribution in [0.1, 0.15) is 26.2 Å². The Balaban J connectivity index is 2.36. The van der Waals surface area contributed by atoms with Crippen molar-refractivity contribution in [2.45, 2.75) is 32.2 Å². The molecule has 0 radical (unpaired) electrons. The van der Waals surface area contributed by atoms with Gasteiger partial charge >= 0.3 is 0 Å². The molecule has 1 aliphatic rings. The van der Waals surface area contributed by atoms with Crippen LogP contribution >= 0.6 is 0 Å². The third-order valence-corrected chi connectivity index (χ3v) is 3.07. The van der Waals surface area contributed by atoms with Gasteiger partial charge in [0.1, 0.15) is 0 Å². The Hall–Kier alpha value is -0.120. The maximum Gasteiger partial charge on any atom is 0.0618 e. The maximum absolute atomic E-state index is 9.07. The molecule has 1 rings (SSSR count). The Bertz CT molecular complexity index is 146. The Labute approximate surface area is 87.1 Å². The number of hydrogen-bond acceptors (Lipinski definition) is 3. The highest BCUT2D eigenvalue weighted by molar-refractivity contribution is 4.80. The molecule has 0 aromatic carbocycles. The summed E-state index contributed by atoms with van der Waals surface area (Å²) >= 11 is 0. The maximum atomic E-state index is 9.07. The average molecular weight is 201 g/mol. The molecule has 0 aromatic heterocycles. The molecule has 2 unspecified atom stereocenters. The summed E-state index contributed by atoms with van der Waals surface area (Å²) in [5.41, 5.74) is 0. The quantitative estimate of drug-likeness (QED) is 0.699. The number of aliphatic hydroxyl groups excluding tert-OH is 1. The van der Waals surface area contributed by atoms with Gasteiger partial charge < -0.3 is 9.84 Å². The standard InChI is InChI=1S/C11H23NO2/c1-3-4-11(9-14-2)12-6-5-10(7-12)8-13/h10-11,13H,3-9H2,1-2H3. The van der Waals surface area contributed by atoms with E-state index in [4.69, 9.17) is 9.84 Å². The lowest BCUT2D eigenvalue weighted by Crippen LogP contribution is -2.37. The average Bonchev–Trinajstić information content (AvgIpc) is 2.65. The van der Waals surface area contributed by atoms with Crippen LogP contribution < -0.4 is 0 Å². The van der Waals surface area contributed by atoms with E-state index in [1.165, 1.54) is 12.8 Å².